The fraction of sp³-hybridized carbons (Fsp3) is 0.923. The predicted molar refractivity (Wildman–Crippen MR) is 62.5 cm³/mol. The minimum atomic E-state index is 0.668. The van der Waals surface area contributed by atoms with Gasteiger partial charge in [-0.05, 0) is 43.4 Å². The highest BCUT2D eigenvalue weighted by molar-refractivity contribution is 5.32. The van der Waals surface area contributed by atoms with Crippen molar-refractivity contribution in [2.75, 3.05) is 6.54 Å². The van der Waals surface area contributed by atoms with Crippen molar-refractivity contribution in [3.05, 3.63) is 0 Å². The second kappa shape index (κ2) is 6.79. The van der Waals surface area contributed by atoms with Gasteiger partial charge in [-0.2, -0.15) is 0 Å². The summed E-state index contributed by atoms with van der Waals surface area (Å²) in [6, 6.07) is 0. The standard InChI is InChI=1S/C13H23NO/c1-11-7-12(2)9-13(8-11)5-3-4-6-14-10-15/h11-13H,3-9H2,1-2H3. The maximum atomic E-state index is 9.86. The predicted octanol–water partition coefficient (Wildman–Crippen LogP) is 3.56. The zero-order chi connectivity index (χ0) is 11.1. The SMILES string of the molecule is CC1CC(C)CC(CCCCN=C=O)C1. The Hall–Kier alpha value is -0.620. The molecule has 0 aliphatic heterocycles. The lowest BCUT2D eigenvalue weighted by molar-refractivity contribution is 0.207. The fourth-order valence-corrected chi connectivity index (χ4v) is 3.02. The highest BCUT2D eigenvalue weighted by Gasteiger charge is 2.23. The molecule has 2 unspecified atom stereocenters. The molecule has 86 valence electrons. The second-order valence-corrected chi connectivity index (χ2v) is 5.25. The molecule has 1 rings (SSSR count). The van der Waals surface area contributed by atoms with E-state index in [9.17, 15) is 4.79 Å². The van der Waals surface area contributed by atoms with Crippen molar-refractivity contribution in [3.8, 4) is 0 Å². The van der Waals surface area contributed by atoms with Gasteiger partial charge in [0.2, 0.25) is 6.08 Å². The molecule has 0 aromatic carbocycles. The van der Waals surface area contributed by atoms with Gasteiger partial charge in [0.15, 0.2) is 0 Å². The molecule has 0 radical (unpaired) electrons. The van der Waals surface area contributed by atoms with Crippen LogP contribution in [0, 0.1) is 17.8 Å². The van der Waals surface area contributed by atoms with Crippen molar-refractivity contribution in [2.24, 2.45) is 22.7 Å². The van der Waals surface area contributed by atoms with Crippen LogP contribution in [0.5, 0.6) is 0 Å². The fourth-order valence-electron chi connectivity index (χ4n) is 3.02. The van der Waals surface area contributed by atoms with Gasteiger partial charge in [0.1, 0.15) is 0 Å². The summed E-state index contributed by atoms with van der Waals surface area (Å²) in [5.74, 6) is 2.74. The van der Waals surface area contributed by atoms with Crippen LogP contribution in [0.25, 0.3) is 0 Å². The lowest BCUT2D eigenvalue weighted by Gasteiger charge is -2.31. The third kappa shape index (κ3) is 5.13. The van der Waals surface area contributed by atoms with Gasteiger partial charge in [-0.3, -0.25) is 0 Å². The van der Waals surface area contributed by atoms with E-state index >= 15 is 0 Å². The summed E-state index contributed by atoms with van der Waals surface area (Å²) in [4.78, 5) is 13.4. The van der Waals surface area contributed by atoms with Crippen molar-refractivity contribution < 1.29 is 4.79 Å². The van der Waals surface area contributed by atoms with Gasteiger partial charge in [-0.1, -0.05) is 26.7 Å². The lowest BCUT2D eigenvalue weighted by Crippen LogP contribution is -2.19. The van der Waals surface area contributed by atoms with E-state index < -0.39 is 0 Å². The first-order chi connectivity index (χ1) is 7.22. The van der Waals surface area contributed by atoms with Crippen LogP contribution in [-0.2, 0) is 4.79 Å². The summed E-state index contributed by atoms with van der Waals surface area (Å²) >= 11 is 0. The topological polar surface area (TPSA) is 29.4 Å². The molecule has 2 nitrogen and oxygen atoms in total. The summed E-state index contributed by atoms with van der Waals surface area (Å²) < 4.78 is 0. The molecule has 0 bridgehead atoms. The molecule has 0 saturated heterocycles. The molecule has 0 aromatic rings. The molecule has 2 heteroatoms. The van der Waals surface area contributed by atoms with Gasteiger partial charge >= 0.3 is 0 Å². The number of isocyanates is 1. The van der Waals surface area contributed by atoms with E-state index in [1.54, 1.807) is 6.08 Å². The molecule has 1 fully saturated rings. The summed E-state index contributed by atoms with van der Waals surface area (Å²) in [5, 5.41) is 0. The van der Waals surface area contributed by atoms with E-state index in [1.807, 2.05) is 0 Å². The Balaban J connectivity index is 2.12. The molecule has 2 atom stereocenters. The van der Waals surface area contributed by atoms with E-state index in [-0.39, 0.29) is 0 Å². The maximum Gasteiger partial charge on any atom is 0.234 e. The highest BCUT2D eigenvalue weighted by Crippen LogP contribution is 2.35. The molecule has 0 heterocycles. The van der Waals surface area contributed by atoms with Crippen LogP contribution in [0.2, 0.25) is 0 Å². The highest BCUT2D eigenvalue weighted by atomic mass is 16.1. The van der Waals surface area contributed by atoms with E-state index in [2.05, 4.69) is 18.8 Å². The Morgan fingerprint density at radius 3 is 2.40 bits per heavy atom. The van der Waals surface area contributed by atoms with Crippen molar-refractivity contribution in [3.63, 3.8) is 0 Å². The average molecular weight is 209 g/mol. The largest absolute Gasteiger partial charge is 0.234 e. The lowest BCUT2D eigenvalue weighted by atomic mass is 9.75. The molecule has 0 amide bonds. The van der Waals surface area contributed by atoms with Crippen molar-refractivity contribution in [1.82, 2.24) is 0 Å². The van der Waals surface area contributed by atoms with Crippen LogP contribution in [0.15, 0.2) is 4.99 Å². The van der Waals surface area contributed by atoms with Gasteiger partial charge in [0, 0.05) is 0 Å². The number of hydrogen-bond donors (Lipinski definition) is 0. The van der Waals surface area contributed by atoms with E-state index in [1.165, 1.54) is 32.1 Å². The van der Waals surface area contributed by atoms with Crippen molar-refractivity contribution in [2.45, 2.75) is 52.4 Å². The number of rotatable bonds is 5. The van der Waals surface area contributed by atoms with Crippen LogP contribution in [0.1, 0.15) is 52.4 Å². The number of hydrogen-bond acceptors (Lipinski definition) is 2. The minimum absolute atomic E-state index is 0.668. The molecule has 1 aliphatic rings. The van der Waals surface area contributed by atoms with Gasteiger partial charge in [-0.15, -0.1) is 0 Å². The first-order valence-corrected chi connectivity index (χ1v) is 6.26. The van der Waals surface area contributed by atoms with E-state index in [0.717, 1.165) is 24.2 Å². The van der Waals surface area contributed by atoms with Crippen LogP contribution >= 0.6 is 0 Å². The van der Waals surface area contributed by atoms with Crippen molar-refractivity contribution >= 4 is 6.08 Å². The monoisotopic (exact) mass is 209 g/mol. The van der Waals surface area contributed by atoms with Crippen LogP contribution in [0.3, 0.4) is 0 Å². The second-order valence-electron chi connectivity index (χ2n) is 5.25. The minimum Gasteiger partial charge on any atom is -0.211 e. The summed E-state index contributed by atoms with van der Waals surface area (Å²) in [5.41, 5.74) is 0. The Bertz CT molecular complexity index is 211. The third-order valence-corrected chi connectivity index (χ3v) is 3.47. The number of aliphatic imine (C=N–C) groups is 1. The Labute approximate surface area is 93.2 Å². The number of unbranched alkanes of at least 4 members (excludes halogenated alkanes) is 1. The van der Waals surface area contributed by atoms with Gasteiger partial charge < -0.3 is 0 Å². The Morgan fingerprint density at radius 2 is 1.80 bits per heavy atom. The molecule has 15 heavy (non-hydrogen) atoms. The maximum absolute atomic E-state index is 9.86. The van der Waals surface area contributed by atoms with Crippen LogP contribution < -0.4 is 0 Å². The average Bonchev–Trinajstić information content (AvgIpc) is 2.16. The third-order valence-electron chi connectivity index (χ3n) is 3.47. The summed E-state index contributed by atoms with van der Waals surface area (Å²) in [7, 11) is 0. The molecular weight excluding hydrogens is 186 g/mol. The number of carbonyl (C=O) groups excluding carboxylic acids is 1. The molecule has 0 aromatic heterocycles. The molecular formula is C13H23NO. The smallest absolute Gasteiger partial charge is 0.211 e. The normalized spacial score (nSPS) is 30.9. The van der Waals surface area contributed by atoms with Crippen LogP contribution in [0.4, 0.5) is 0 Å². The zero-order valence-electron chi connectivity index (χ0n) is 10.0. The number of nitrogens with zero attached hydrogens (tertiary/aromatic N) is 1. The Morgan fingerprint density at radius 1 is 1.13 bits per heavy atom. The molecule has 1 aliphatic carbocycles. The molecule has 1 saturated carbocycles. The molecule has 0 N–H and O–H groups in total. The Kier molecular flexibility index (Phi) is 5.63. The first-order valence-electron chi connectivity index (χ1n) is 6.26. The van der Waals surface area contributed by atoms with Gasteiger partial charge in [0.05, 0.1) is 6.54 Å². The summed E-state index contributed by atoms with van der Waals surface area (Å²) in [6.45, 7) is 5.42. The van der Waals surface area contributed by atoms with Gasteiger partial charge in [-0.25, -0.2) is 9.79 Å². The molecule has 0 spiro atoms. The van der Waals surface area contributed by atoms with Crippen molar-refractivity contribution in [1.29, 1.82) is 0 Å². The first kappa shape index (κ1) is 12.4. The summed E-state index contributed by atoms with van der Waals surface area (Å²) in [6.07, 6.45) is 9.40. The zero-order valence-corrected chi connectivity index (χ0v) is 10.0. The van der Waals surface area contributed by atoms with Gasteiger partial charge in [0.25, 0.3) is 0 Å². The van der Waals surface area contributed by atoms with Crippen LogP contribution in [-0.4, -0.2) is 12.6 Å². The van der Waals surface area contributed by atoms with E-state index in [4.69, 9.17) is 0 Å². The van der Waals surface area contributed by atoms with E-state index in [0.29, 0.717) is 6.54 Å². The quantitative estimate of drug-likeness (QED) is 0.387.